The molecule has 0 fully saturated rings. The fourth-order valence-electron chi connectivity index (χ4n) is 2.46. The number of aliphatic imine (C=N–C) groups is 2. The average molecular weight is 415 g/mol. The first-order valence-corrected chi connectivity index (χ1v) is 9.70. The van der Waals surface area contributed by atoms with Crippen molar-refractivity contribution in [3.05, 3.63) is 44.5 Å². The number of hydrogen-bond donors (Lipinski definition) is 1. The molecular formula is C19H18N4O3S2. The largest absolute Gasteiger partial charge is 0.493 e. The summed E-state index contributed by atoms with van der Waals surface area (Å²) < 4.78 is 12.8. The van der Waals surface area contributed by atoms with Gasteiger partial charge in [0.25, 0.3) is 5.90 Å². The van der Waals surface area contributed by atoms with Crippen molar-refractivity contribution in [3.8, 4) is 11.9 Å². The molecule has 0 saturated heterocycles. The number of nitrogens with zero attached hydrogens (tertiary/aromatic N) is 4. The van der Waals surface area contributed by atoms with Crippen LogP contribution in [-0.4, -0.2) is 35.0 Å². The van der Waals surface area contributed by atoms with Gasteiger partial charge in [-0.05, 0) is 37.7 Å². The standard InChI is InChI=1S/C19H18N4O3S2/c1-12-4-6-13(7-5-12)21-17-14(11-20)22-16(26-17)10-15-18(24)23(19(27)28-15)8-3-9-25-2/h4-7,10,24H,3,8-9H2,1-2H3. The zero-order valence-corrected chi connectivity index (χ0v) is 17.0. The van der Waals surface area contributed by atoms with E-state index in [9.17, 15) is 10.4 Å². The van der Waals surface area contributed by atoms with E-state index in [1.165, 1.54) is 11.3 Å². The molecule has 9 heteroatoms. The van der Waals surface area contributed by atoms with Gasteiger partial charge >= 0.3 is 0 Å². The van der Waals surface area contributed by atoms with Gasteiger partial charge in [0, 0.05) is 26.3 Å². The molecule has 3 rings (SSSR count). The van der Waals surface area contributed by atoms with Crippen LogP contribution >= 0.6 is 23.6 Å². The number of benzene rings is 1. The Bertz CT molecular complexity index is 1060. The van der Waals surface area contributed by atoms with Gasteiger partial charge in [-0.3, -0.25) is 4.57 Å². The Morgan fingerprint density at radius 1 is 1.43 bits per heavy atom. The smallest absolute Gasteiger partial charge is 0.258 e. The van der Waals surface area contributed by atoms with Gasteiger partial charge in [-0.15, -0.1) is 11.3 Å². The molecule has 0 unspecified atom stereocenters. The van der Waals surface area contributed by atoms with Crippen molar-refractivity contribution < 1.29 is 14.6 Å². The first-order chi connectivity index (χ1) is 13.5. The maximum Gasteiger partial charge on any atom is 0.258 e. The van der Waals surface area contributed by atoms with E-state index in [1.54, 1.807) is 17.8 Å². The highest BCUT2D eigenvalue weighted by molar-refractivity contribution is 7.73. The number of aromatic hydroxyl groups is 1. The SMILES string of the molecule is COCCCn1c(O)c(C=C2N=C(C#N)C(=Nc3ccc(C)cc3)O2)sc1=S. The Balaban J connectivity index is 1.85. The molecule has 28 heavy (non-hydrogen) atoms. The van der Waals surface area contributed by atoms with Gasteiger partial charge in [0.1, 0.15) is 6.07 Å². The summed E-state index contributed by atoms with van der Waals surface area (Å²) in [4.78, 5) is 9.00. The molecule has 7 nitrogen and oxygen atoms in total. The van der Waals surface area contributed by atoms with Crippen molar-refractivity contribution >= 4 is 46.9 Å². The van der Waals surface area contributed by atoms with Crippen LogP contribution in [-0.2, 0) is 16.0 Å². The van der Waals surface area contributed by atoms with Crippen LogP contribution in [0.1, 0.15) is 16.9 Å². The monoisotopic (exact) mass is 414 g/mol. The molecule has 0 bridgehead atoms. The van der Waals surface area contributed by atoms with Crippen LogP contribution in [0.3, 0.4) is 0 Å². The minimum absolute atomic E-state index is 0.0415. The van der Waals surface area contributed by atoms with Crippen molar-refractivity contribution in [1.29, 1.82) is 5.26 Å². The van der Waals surface area contributed by atoms with Gasteiger partial charge in [-0.25, -0.2) is 4.99 Å². The molecule has 1 aromatic carbocycles. The van der Waals surface area contributed by atoms with Crippen LogP contribution in [0.25, 0.3) is 6.08 Å². The number of ether oxygens (including phenoxy) is 2. The molecule has 144 valence electrons. The van der Waals surface area contributed by atoms with Gasteiger partial charge < -0.3 is 14.6 Å². The molecule has 2 aromatic rings. The molecule has 0 radical (unpaired) electrons. The van der Waals surface area contributed by atoms with Crippen molar-refractivity contribution in [2.45, 2.75) is 19.9 Å². The maximum absolute atomic E-state index is 10.4. The number of rotatable bonds is 6. The van der Waals surface area contributed by atoms with E-state index >= 15 is 0 Å². The van der Waals surface area contributed by atoms with Crippen LogP contribution in [0.15, 0.2) is 40.1 Å². The van der Waals surface area contributed by atoms with Crippen molar-refractivity contribution in [2.24, 2.45) is 9.98 Å². The fourth-order valence-corrected chi connectivity index (χ4v) is 3.74. The first-order valence-electron chi connectivity index (χ1n) is 8.47. The quantitative estimate of drug-likeness (QED) is 0.560. The minimum Gasteiger partial charge on any atom is -0.493 e. The summed E-state index contributed by atoms with van der Waals surface area (Å²) in [5.74, 6) is 0.345. The van der Waals surface area contributed by atoms with Gasteiger partial charge in [-0.1, -0.05) is 17.7 Å². The summed E-state index contributed by atoms with van der Waals surface area (Å²) in [6.45, 7) is 3.10. The lowest BCUT2D eigenvalue weighted by Crippen LogP contribution is -2.07. The Hall–Kier alpha value is -2.80. The lowest BCUT2D eigenvalue weighted by atomic mass is 10.2. The van der Waals surface area contributed by atoms with Gasteiger partial charge in [0.05, 0.1) is 10.6 Å². The number of hydrogen-bond acceptors (Lipinski definition) is 8. The van der Waals surface area contributed by atoms with E-state index in [-0.39, 0.29) is 23.4 Å². The summed E-state index contributed by atoms with van der Waals surface area (Å²) in [6, 6.07) is 9.49. The Morgan fingerprint density at radius 2 is 2.18 bits per heavy atom. The summed E-state index contributed by atoms with van der Waals surface area (Å²) in [7, 11) is 1.63. The van der Waals surface area contributed by atoms with E-state index in [2.05, 4.69) is 9.98 Å². The van der Waals surface area contributed by atoms with Crippen LogP contribution < -0.4 is 0 Å². The van der Waals surface area contributed by atoms with Gasteiger partial charge in [-0.2, -0.15) is 10.3 Å². The van der Waals surface area contributed by atoms with Crippen molar-refractivity contribution in [3.63, 3.8) is 0 Å². The summed E-state index contributed by atoms with van der Waals surface area (Å²) in [6.07, 6.45) is 2.28. The topological polar surface area (TPSA) is 92.1 Å². The Labute approximate surface area is 171 Å². The lowest BCUT2D eigenvalue weighted by Gasteiger charge is -2.04. The maximum atomic E-state index is 10.4. The van der Waals surface area contributed by atoms with E-state index in [1.807, 2.05) is 37.3 Å². The number of thiazole rings is 1. The third kappa shape index (κ3) is 4.54. The lowest BCUT2D eigenvalue weighted by molar-refractivity contribution is 0.189. The Morgan fingerprint density at radius 3 is 2.86 bits per heavy atom. The number of methoxy groups -OCH3 is 1. The molecule has 0 saturated carbocycles. The molecule has 0 atom stereocenters. The van der Waals surface area contributed by atoms with E-state index in [0.717, 1.165) is 12.0 Å². The number of aromatic nitrogens is 1. The highest BCUT2D eigenvalue weighted by atomic mass is 32.1. The predicted octanol–water partition coefficient (Wildman–Crippen LogP) is 4.35. The van der Waals surface area contributed by atoms with Crippen molar-refractivity contribution in [1.82, 2.24) is 4.57 Å². The second kappa shape index (κ2) is 8.93. The minimum atomic E-state index is 0.0415. The van der Waals surface area contributed by atoms with E-state index < -0.39 is 0 Å². The second-order valence-electron chi connectivity index (χ2n) is 5.96. The summed E-state index contributed by atoms with van der Waals surface area (Å²) >= 11 is 6.56. The molecular weight excluding hydrogens is 396 g/mol. The third-order valence-corrected chi connectivity index (χ3v) is 5.26. The van der Waals surface area contributed by atoms with Gasteiger partial charge in [0.15, 0.2) is 3.95 Å². The zero-order valence-electron chi connectivity index (χ0n) is 15.4. The molecule has 0 aliphatic carbocycles. The van der Waals surface area contributed by atoms with E-state index in [4.69, 9.17) is 21.7 Å². The van der Waals surface area contributed by atoms with Crippen LogP contribution in [0, 0.1) is 22.2 Å². The average Bonchev–Trinajstić information content (AvgIpc) is 3.18. The highest BCUT2D eigenvalue weighted by Gasteiger charge is 2.23. The van der Waals surface area contributed by atoms with Crippen LogP contribution in [0.4, 0.5) is 5.69 Å². The number of nitriles is 1. The molecule has 1 aliphatic heterocycles. The van der Waals surface area contributed by atoms with Crippen molar-refractivity contribution in [2.75, 3.05) is 13.7 Å². The molecule has 1 aromatic heterocycles. The summed E-state index contributed by atoms with van der Waals surface area (Å²) in [5, 5.41) is 19.8. The van der Waals surface area contributed by atoms with Gasteiger partial charge in [0.2, 0.25) is 17.5 Å². The normalized spacial score (nSPS) is 16.2. The molecule has 1 N–H and O–H groups in total. The molecule has 0 spiro atoms. The summed E-state index contributed by atoms with van der Waals surface area (Å²) in [5.41, 5.74) is 1.85. The Kier molecular flexibility index (Phi) is 6.36. The number of aryl methyl sites for hydroxylation is 1. The third-order valence-electron chi connectivity index (χ3n) is 3.87. The fraction of sp³-hybridized carbons (Fsp3) is 0.263. The molecule has 2 heterocycles. The molecule has 0 amide bonds. The highest BCUT2D eigenvalue weighted by Crippen LogP contribution is 2.30. The second-order valence-corrected chi connectivity index (χ2v) is 7.64. The first kappa shape index (κ1) is 19.9. The van der Waals surface area contributed by atoms with Crippen LogP contribution in [0.5, 0.6) is 5.88 Å². The predicted molar refractivity (Wildman–Crippen MR) is 112 cm³/mol. The zero-order chi connectivity index (χ0) is 20.1. The van der Waals surface area contributed by atoms with Crippen LogP contribution in [0.2, 0.25) is 0 Å². The van der Waals surface area contributed by atoms with E-state index in [0.29, 0.717) is 27.7 Å². The molecule has 1 aliphatic rings.